The Labute approximate surface area is 99.6 Å². The fourth-order valence-electron chi connectivity index (χ4n) is 2.55. The molecule has 0 fully saturated rings. The highest BCUT2D eigenvalue weighted by Gasteiger charge is 2.17. The predicted octanol–water partition coefficient (Wildman–Crippen LogP) is 3.43. The minimum Gasteiger partial charge on any atom is -0.358 e. The molecule has 1 aliphatic rings. The third-order valence-electron chi connectivity index (χ3n) is 3.47. The molecule has 17 heavy (non-hydrogen) atoms. The van der Waals surface area contributed by atoms with E-state index in [9.17, 15) is 4.39 Å². The molecular weight excluding hydrogens is 215 g/mol. The predicted molar refractivity (Wildman–Crippen MR) is 68.4 cm³/mol. The topological polar surface area (TPSA) is 28.1 Å². The number of nitrogens with zero attached hydrogens (tertiary/aromatic N) is 1. The van der Waals surface area contributed by atoms with Crippen molar-refractivity contribution >= 4 is 17.1 Å². The Bertz CT molecular complexity index is 583. The molecule has 0 amide bonds. The van der Waals surface area contributed by atoms with Crippen LogP contribution in [0.1, 0.15) is 30.5 Å². The van der Waals surface area contributed by atoms with Gasteiger partial charge in [0, 0.05) is 29.1 Å². The molecule has 2 heterocycles. The van der Waals surface area contributed by atoms with Crippen molar-refractivity contribution in [2.75, 3.05) is 6.54 Å². The molecule has 88 valence electrons. The Kier molecular flexibility index (Phi) is 2.46. The lowest BCUT2D eigenvalue weighted by atomic mass is 9.96. The Balaban J connectivity index is 2.22. The molecule has 1 atom stereocenters. The average Bonchev–Trinajstić information content (AvgIpc) is 2.64. The number of aromatic amines is 1. The highest BCUT2D eigenvalue weighted by atomic mass is 19.1. The average molecular weight is 230 g/mol. The van der Waals surface area contributed by atoms with E-state index >= 15 is 0 Å². The summed E-state index contributed by atoms with van der Waals surface area (Å²) in [5, 5.41) is 1.02. The molecule has 1 aromatic carbocycles. The van der Waals surface area contributed by atoms with Gasteiger partial charge in [0.1, 0.15) is 5.82 Å². The summed E-state index contributed by atoms with van der Waals surface area (Å²) in [7, 11) is 0. The Morgan fingerprint density at radius 1 is 1.41 bits per heavy atom. The molecule has 2 nitrogen and oxygen atoms in total. The van der Waals surface area contributed by atoms with Gasteiger partial charge in [-0.3, -0.25) is 4.99 Å². The van der Waals surface area contributed by atoms with Crippen molar-refractivity contribution in [3.63, 3.8) is 0 Å². The molecule has 3 rings (SSSR count). The Morgan fingerprint density at radius 2 is 2.29 bits per heavy atom. The van der Waals surface area contributed by atoms with Crippen LogP contribution < -0.4 is 0 Å². The van der Waals surface area contributed by atoms with Crippen molar-refractivity contribution in [3.05, 3.63) is 35.3 Å². The van der Waals surface area contributed by atoms with Crippen molar-refractivity contribution in [1.29, 1.82) is 0 Å². The van der Waals surface area contributed by atoms with E-state index in [0.717, 1.165) is 30.3 Å². The SMILES string of the molecule is CC1CC=NCCc2c1[nH]c1ccc(F)cc21. The van der Waals surface area contributed by atoms with Crippen LogP contribution in [0, 0.1) is 5.82 Å². The largest absolute Gasteiger partial charge is 0.358 e. The number of benzene rings is 1. The lowest BCUT2D eigenvalue weighted by molar-refractivity contribution is 0.629. The fourth-order valence-corrected chi connectivity index (χ4v) is 2.55. The van der Waals surface area contributed by atoms with E-state index in [4.69, 9.17) is 0 Å². The van der Waals surface area contributed by atoms with Gasteiger partial charge in [0.15, 0.2) is 0 Å². The summed E-state index contributed by atoms with van der Waals surface area (Å²) >= 11 is 0. The van der Waals surface area contributed by atoms with Crippen LogP contribution in [-0.4, -0.2) is 17.7 Å². The first kappa shape index (κ1) is 10.5. The highest BCUT2D eigenvalue weighted by Crippen LogP contribution is 2.30. The third-order valence-corrected chi connectivity index (χ3v) is 3.47. The molecular formula is C14H15FN2. The molecule has 0 radical (unpaired) electrons. The molecule has 2 aromatic rings. The minimum absolute atomic E-state index is 0.169. The number of rotatable bonds is 0. The van der Waals surface area contributed by atoms with Gasteiger partial charge in [0.05, 0.1) is 0 Å². The normalized spacial score (nSPS) is 20.0. The third kappa shape index (κ3) is 1.75. The van der Waals surface area contributed by atoms with Crippen LogP contribution in [0.4, 0.5) is 4.39 Å². The molecule has 1 aromatic heterocycles. The summed E-state index contributed by atoms with van der Waals surface area (Å²) in [6.45, 7) is 2.98. The van der Waals surface area contributed by atoms with Crippen LogP contribution in [0.15, 0.2) is 23.2 Å². The van der Waals surface area contributed by atoms with Gasteiger partial charge >= 0.3 is 0 Å². The number of nitrogens with one attached hydrogen (secondary N) is 1. The fraction of sp³-hybridized carbons (Fsp3) is 0.357. The van der Waals surface area contributed by atoms with Crippen molar-refractivity contribution in [2.24, 2.45) is 4.99 Å². The van der Waals surface area contributed by atoms with E-state index in [1.165, 1.54) is 17.3 Å². The van der Waals surface area contributed by atoms with E-state index in [2.05, 4.69) is 16.9 Å². The maximum atomic E-state index is 13.3. The van der Waals surface area contributed by atoms with Gasteiger partial charge in [0.25, 0.3) is 0 Å². The van der Waals surface area contributed by atoms with E-state index < -0.39 is 0 Å². The molecule has 3 heteroatoms. The zero-order chi connectivity index (χ0) is 11.8. The molecule has 1 unspecified atom stereocenters. The number of hydrogen-bond acceptors (Lipinski definition) is 1. The first-order chi connectivity index (χ1) is 8.25. The number of H-pyrrole nitrogens is 1. The van der Waals surface area contributed by atoms with Gasteiger partial charge in [-0.2, -0.15) is 0 Å². The van der Waals surface area contributed by atoms with Crippen LogP contribution >= 0.6 is 0 Å². The lowest BCUT2D eigenvalue weighted by Gasteiger charge is -2.12. The van der Waals surface area contributed by atoms with Crippen LogP contribution in [0.25, 0.3) is 10.9 Å². The maximum absolute atomic E-state index is 13.3. The first-order valence-corrected chi connectivity index (χ1v) is 6.04. The van der Waals surface area contributed by atoms with Crippen molar-refractivity contribution in [1.82, 2.24) is 4.98 Å². The summed E-state index contributed by atoms with van der Waals surface area (Å²) in [6, 6.07) is 4.96. The van der Waals surface area contributed by atoms with Gasteiger partial charge in [-0.15, -0.1) is 0 Å². The van der Waals surface area contributed by atoms with E-state index in [-0.39, 0.29) is 5.82 Å². The molecule has 0 bridgehead atoms. The number of aliphatic imine (C=N–C) groups is 1. The number of fused-ring (bicyclic) bond motifs is 3. The van der Waals surface area contributed by atoms with Crippen LogP contribution in [0.2, 0.25) is 0 Å². The number of halogens is 1. The molecule has 0 saturated carbocycles. The lowest BCUT2D eigenvalue weighted by Crippen LogP contribution is -2.04. The summed E-state index contributed by atoms with van der Waals surface area (Å²) in [5.41, 5.74) is 3.52. The number of hydrogen-bond donors (Lipinski definition) is 1. The van der Waals surface area contributed by atoms with Gasteiger partial charge in [-0.1, -0.05) is 6.92 Å². The van der Waals surface area contributed by atoms with Crippen LogP contribution in [-0.2, 0) is 6.42 Å². The minimum atomic E-state index is -0.169. The second kappa shape index (κ2) is 3.99. The standard InChI is InChI=1S/C14H15FN2/c1-9-4-6-16-7-5-11-12-8-10(15)2-3-13(12)17-14(9)11/h2-3,6,8-9,17H,4-5,7H2,1H3. The first-order valence-electron chi connectivity index (χ1n) is 6.04. The highest BCUT2D eigenvalue weighted by molar-refractivity contribution is 5.85. The second-order valence-corrected chi connectivity index (χ2v) is 4.68. The molecule has 1 N–H and O–H groups in total. The van der Waals surface area contributed by atoms with E-state index in [1.807, 2.05) is 12.3 Å². The van der Waals surface area contributed by atoms with Crippen LogP contribution in [0.3, 0.4) is 0 Å². The smallest absolute Gasteiger partial charge is 0.123 e. The quantitative estimate of drug-likeness (QED) is 0.718. The molecule has 0 saturated heterocycles. The van der Waals surface area contributed by atoms with Crippen molar-refractivity contribution in [3.8, 4) is 0 Å². The monoisotopic (exact) mass is 230 g/mol. The van der Waals surface area contributed by atoms with Gasteiger partial charge in [-0.25, -0.2) is 4.39 Å². The van der Waals surface area contributed by atoms with Crippen LogP contribution in [0.5, 0.6) is 0 Å². The zero-order valence-corrected chi connectivity index (χ0v) is 9.83. The van der Waals surface area contributed by atoms with Crippen molar-refractivity contribution < 1.29 is 4.39 Å². The van der Waals surface area contributed by atoms with Crippen molar-refractivity contribution in [2.45, 2.75) is 25.7 Å². The molecule has 0 aliphatic carbocycles. The van der Waals surface area contributed by atoms with E-state index in [0.29, 0.717) is 5.92 Å². The Hall–Kier alpha value is -1.64. The molecule has 0 spiro atoms. The van der Waals surface area contributed by atoms with E-state index in [1.54, 1.807) is 6.07 Å². The summed E-state index contributed by atoms with van der Waals surface area (Å²) < 4.78 is 13.3. The second-order valence-electron chi connectivity index (χ2n) is 4.68. The van der Waals surface area contributed by atoms with Gasteiger partial charge < -0.3 is 4.98 Å². The summed E-state index contributed by atoms with van der Waals surface area (Å²) in [5.74, 6) is 0.252. The number of aromatic nitrogens is 1. The zero-order valence-electron chi connectivity index (χ0n) is 9.83. The Morgan fingerprint density at radius 3 is 3.18 bits per heavy atom. The van der Waals surface area contributed by atoms with Gasteiger partial charge in [-0.05, 0) is 42.8 Å². The summed E-state index contributed by atoms with van der Waals surface area (Å²) in [6.07, 6.45) is 3.83. The maximum Gasteiger partial charge on any atom is 0.123 e. The molecule has 1 aliphatic heterocycles. The van der Waals surface area contributed by atoms with Gasteiger partial charge in [0.2, 0.25) is 0 Å². The summed E-state index contributed by atoms with van der Waals surface area (Å²) in [4.78, 5) is 7.79.